The van der Waals surface area contributed by atoms with Crippen LogP contribution in [0.3, 0.4) is 0 Å². The molecule has 2 rings (SSSR count). The van der Waals surface area contributed by atoms with Crippen LogP contribution in [0.25, 0.3) is 0 Å². The van der Waals surface area contributed by atoms with Gasteiger partial charge in [0.2, 0.25) is 0 Å². The first-order valence-corrected chi connectivity index (χ1v) is 6.19. The van der Waals surface area contributed by atoms with Gasteiger partial charge in [-0.05, 0) is 30.4 Å². The Bertz CT molecular complexity index is 417. The summed E-state index contributed by atoms with van der Waals surface area (Å²) in [5, 5.41) is 9.33. The largest absolute Gasteiger partial charge is 0.468 e. The second-order valence-electron chi connectivity index (χ2n) is 5.71. The number of Topliss-reactive ketones (excluding diaryl/α,β-unsaturated/α-hetero) is 1. The molecule has 0 spiro atoms. The number of aryl methyl sites for hydroxylation is 1. The van der Waals surface area contributed by atoms with Gasteiger partial charge in [-0.1, -0.05) is 20.8 Å². The van der Waals surface area contributed by atoms with Crippen LogP contribution in [0.4, 0.5) is 0 Å². The maximum atomic E-state index is 12.5. The molecule has 0 unspecified atom stereocenters. The normalized spacial score (nSPS) is 24.5. The minimum Gasteiger partial charge on any atom is -0.468 e. The molecule has 1 aromatic heterocycles. The molecule has 0 fully saturated rings. The van der Waals surface area contributed by atoms with Gasteiger partial charge in [0.1, 0.15) is 5.76 Å². The number of carbonyl (C=O) groups is 1. The first kappa shape index (κ1) is 12.4. The molecule has 1 N–H and O–H groups in total. The van der Waals surface area contributed by atoms with Crippen molar-refractivity contribution < 1.29 is 14.3 Å². The van der Waals surface area contributed by atoms with Crippen molar-refractivity contribution in [3.63, 3.8) is 0 Å². The lowest BCUT2D eigenvalue weighted by atomic mass is 9.71. The molecule has 1 heterocycles. The molecule has 3 heteroatoms. The number of furan rings is 1. The van der Waals surface area contributed by atoms with E-state index in [0.29, 0.717) is 0 Å². The number of ketones is 1. The minimum absolute atomic E-state index is 0.0865. The smallest absolute Gasteiger partial charge is 0.151 e. The van der Waals surface area contributed by atoms with Crippen molar-refractivity contribution >= 4 is 5.78 Å². The summed E-state index contributed by atoms with van der Waals surface area (Å²) in [6.07, 6.45) is 3.65. The Morgan fingerprint density at radius 3 is 2.94 bits per heavy atom. The van der Waals surface area contributed by atoms with Gasteiger partial charge in [0.05, 0.1) is 18.8 Å². The van der Waals surface area contributed by atoms with E-state index < -0.39 is 5.41 Å². The van der Waals surface area contributed by atoms with E-state index >= 15 is 0 Å². The van der Waals surface area contributed by atoms with Crippen molar-refractivity contribution in [2.24, 2.45) is 11.3 Å². The van der Waals surface area contributed by atoms with E-state index in [2.05, 4.69) is 6.92 Å². The number of carbonyl (C=O) groups excluding carboxylic acids is 1. The van der Waals surface area contributed by atoms with Crippen LogP contribution in [0.15, 0.2) is 16.7 Å². The molecule has 0 amide bonds. The Balaban J connectivity index is 2.36. The highest BCUT2D eigenvalue weighted by molar-refractivity contribution is 5.90. The number of aliphatic hydroxyl groups excluding tert-OH is 1. The average Bonchev–Trinajstić information content (AvgIpc) is 2.76. The summed E-state index contributed by atoms with van der Waals surface area (Å²) in [4.78, 5) is 12.5. The van der Waals surface area contributed by atoms with Crippen molar-refractivity contribution in [2.45, 2.75) is 39.5 Å². The predicted molar refractivity (Wildman–Crippen MR) is 64.8 cm³/mol. The van der Waals surface area contributed by atoms with Crippen LogP contribution in [0.1, 0.15) is 44.4 Å². The van der Waals surface area contributed by atoms with Gasteiger partial charge in [0.15, 0.2) is 5.78 Å². The van der Waals surface area contributed by atoms with Gasteiger partial charge in [0.25, 0.3) is 0 Å². The predicted octanol–water partition coefficient (Wildman–Crippen LogP) is 2.53. The van der Waals surface area contributed by atoms with Crippen LogP contribution in [0.5, 0.6) is 0 Å². The Hall–Kier alpha value is -1.09. The van der Waals surface area contributed by atoms with E-state index in [1.54, 1.807) is 20.1 Å². The van der Waals surface area contributed by atoms with Gasteiger partial charge >= 0.3 is 0 Å². The molecule has 1 aliphatic rings. The molecule has 0 radical (unpaired) electrons. The molecule has 94 valence electrons. The Labute approximate surface area is 102 Å². The summed E-state index contributed by atoms with van der Waals surface area (Å²) in [5.74, 6) is 0.988. The van der Waals surface area contributed by atoms with Gasteiger partial charge in [-0.2, -0.15) is 0 Å². The zero-order valence-electron chi connectivity index (χ0n) is 10.7. The number of fused-ring (bicyclic) bond motifs is 1. The van der Waals surface area contributed by atoms with Crippen molar-refractivity contribution in [3.8, 4) is 0 Å². The highest BCUT2D eigenvalue weighted by Gasteiger charge is 2.41. The van der Waals surface area contributed by atoms with Gasteiger partial charge in [-0.15, -0.1) is 0 Å². The van der Waals surface area contributed by atoms with Crippen LogP contribution in [-0.2, 0) is 11.2 Å². The Kier molecular flexibility index (Phi) is 3.13. The summed E-state index contributed by atoms with van der Waals surface area (Å²) in [6, 6.07) is 1.95. The summed E-state index contributed by atoms with van der Waals surface area (Å²) in [6.45, 7) is 5.55. The zero-order chi connectivity index (χ0) is 12.6. The van der Waals surface area contributed by atoms with E-state index in [9.17, 15) is 9.90 Å². The average molecular weight is 236 g/mol. The number of hydrogen-bond acceptors (Lipinski definition) is 3. The van der Waals surface area contributed by atoms with Crippen LogP contribution in [-0.4, -0.2) is 17.5 Å². The van der Waals surface area contributed by atoms with Crippen molar-refractivity contribution in [1.82, 2.24) is 0 Å². The van der Waals surface area contributed by atoms with E-state index in [1.165, 1.54) is 0 Å². The number of hydrogen-bond donors (Lipinski definition) is 1. The number of rotatable bonds is 3. The van der Waals surface area contributed by atoms with Crippen molar-refractivity contribution in [3.05, 3.63) is 23.7 Å². The summed E-state index contributed by atoms with van der Waals surface area (Å²) >= 11 is 0. The molecule has 0 saturated carbocycles. The molecule has 0 aromatic carbocycles. The van der Waals surface area contributed by atoms with E-state index in [-0.39, 0.29) is 24.2 Å². The van der Waals surface area contributed by atoms with Crippen LogP contribution in [0, 0.1) is 11.3 Å². The fraction of sp³-hybridized carbons (Fsp3) is 0.643. The summed E-state index contributed by atoms with van der Waals surface area (Å²) in [7, 11) is 0. The maximum Gasteiger partial charge on any atom is 0.151 e. The Morgan fingerprint density at radius 2 is 2.29 bits per heavy atom. The molecular weight excluding hydrogens is 216 g/mol. The molecule has 0 aliphatic heterocycles. The zero-order valence-corrected chi connectivity index (χ0v) is 10.7. The van der Waals surface area contributed by atoms with Crippen LogP contribution in [0.2, 0.25) is 0 Å². The lowest BCUT2D eigenvalue weighted by molar-refractivity contribution is -0.132. The van der Waals surface area contributed by atoms with Gasteiger partial charge in [0, 0.05) is 5.41 Å². The molecule has 1 aliphatic carbocycles. The quantitative estimate of drug-likeness (QED) is 0.877. The molecule has 0 saturated heterocycles. The van der Waals surface area contributed by atoms with Crippen LogP contribution < -0.4 is 0 Å². The fourth-order valence-electron chi connectivity index (χ4n) is 2.51. The SMILES string of the molecule is C[C@@H]1CCc2ccoc2[C@H]1C(=O)C(C)(C)CO. The molecule has 2 atom stereocenters. The molecule has 1 aromatic rings. The monoisotopic (exact) mass is 236 g/mol. The van der Waals surface area contributed by atoms with E-state index in [1.807, 2.05) is 6.07 Å². The molecule has 17 heavy (non-hydrogen) atoms. The first-order chi connectivity index (χ1) is 7.97. The summed E-state index contributed by atoms with van der Waals surface area (Å²) in [5.41, 5.74) is 0.454. The maximum absolute atomic E-state index is 12.5. The third-order valence-corrected chi connectivity index (χ3v) is 3.85. The standard InChI is InChI=1S/C14H20O3/c1-9-4-5-10-6-7-17-12(10)11(9)13(16)14(2,3)8-15/h6-7,9,11,15H,4-5,8H2,1-3H3/t9-,11+/m1/s1. The van der Waals surface area contributed by atoms with Crippen molar-refractivity contribution in [2.75, 3.05) is 6.61 Å². The fourth-order valence-corrected chi connectivity index (χ4v) is 2.51. The van der Waals surface area contributed by atoms with Gasteiger partial charge in [-0.25, -0.2) is 0 Å². The highest BCUT2D eigenvalue weighted by atomic mass is 16.3. The topological polar surface area (TPSA) is 50.4 Å². The highest BCUT2D eigenvalue weighted by Crippen LogP contribution is 2.40. The molecular formula is C14H20O3. The van der Waals surface area contributed by atoms with Crippen LogP contribution >= 0.6 is 0 Å². The molecule has 0 bridgehead atoms. The van der Waals surface area contributed by atoms with Gasteiger partial charge < -0.3 is 9.52 Å². The third kappa shape index (κ3) is 2.04. The van der Waals surface area contributed by atoms with Crippen molar-refractivity contribution in [1.29, 1.82) is 0 Å². The minimum atomic E-state index is -0.694. The van der Waals surface area contributed by atoms with E-state index in [4.69, 9.17) is 4.42 Å². The number of aliphatic hydroxyl groups is 1. The molecule has 3 nitrogen and oxygen atoms in total. The lowest BCUT2D eigenvalue weighted by Crippen LogP contribution is -2.37. The first-order valence-electron chi connectivity index (χ1n) is 6.19. The summed E-state index contributed by atoms with van der Waals surface area (Å²) < 4.78 is 5.50. The van der Waals surface area contributed by atoms with E-state index in [0.717, 1.165) is 24.2 Å². The second kappa shape index (κ2) is 4.30. The lowest BCUT2D eigenvalue weighted by Gasteiger charge is -2.32. The van der Waals surface area contributed by atoms with Gasteiger partial charge in [-0.3, -0.25) is 4.79 Å². The Morgan fingerprint density at radius 1 is 1.59 bits per heavy atom. The third-order valence-electron chi connectivity index (χ3n) is 3.85. The second-order valence-corrected chi connectivity index (χ2v) is 5.71.